The van der Waals surface area contributed by atoms with Gasteiger partial charge in [0.2, 0.25) is 0 Å². The van der Waals surface area contributed by atoms with Crippen molar-refractivity contribution in [3.8, 4) is 0 Å². The number of aliphatic hydroxyl groups excluding tert-OH is 2. The molecular weight excluding hydrogens is 941 g/mol. The molecule has 0 saturated heterocycles. The van der Waals surface area contributed by atoms with Crippen molar-refractivity contribution in [2.24, 2.45) is 5.41 Å². The molecule has 0 radical (unpaired) electrons. The largest absolute Gasteiger partial charge is 0.436 e. The molecule has 0 aliphatic rings. The summed E-state index contributed by atoms with van der Waals surface area (Å²) in [5.41, 5.74) is -0.867. The first-order chi connectivity index (χ1) is 27.3. The van der Waals surface area contributed by atoms with E-state index in [1.54, 1.807) is 0 Å². The van der Waals surface area contributed by atoms with E-state index in [1.165, 1.54) is 25.7 Å². The van der Waals surface area contributed by atoms with E-state index < -0.39 is 90.1 Å². The third-order valence-electron chi connectivity index (χ3n) is 9.94. The Morgan fingerprint density at radius 3 is 0.754 bits per heavy atom. The van der Waals surface area contributed by atoms with E-state index in [9.17, 15) is 10.2 Å². The van der Waals surface area contributed by atoms with Crippen LogP contribution < -0.4 is 0 Å². The van der Waals surface area contributed by atoms with Crippen LogP contribution in [-0.4, -0.2) is 134 Å². The predicted octanol–water partition coefficient (Wildman–Crippen LogP) is 11.5. The first-order valence-electron chi connectivity index (χ1n) is 23.3. The Labute approximate surface area is 387 Å². The van der Waals surface area contributed by atoms with Gasteiger partial charge in [-0.2, -0.15) is 0 Å². The van der Waals surface area contributed by atoms with Gasteiger partial charge >= 0.3 is 51.4 Å². The Kier molecular flexibility index (Phi) is 26.6. The van der Waals surface area contributed by atoms with Crippen LogP contribution in [0.2, 0.25) is 155 Å². The van der Waals surface area contributed by atoms with Crippen molar-refractivity contribution in [2.75, 3.05) is 39.6 Å². The van der Waals surface area contributed by atoms with Crippen molar-refractivity contribution in [3.05, 3.63) is 0 Å². The van der Waals surface area contributed by atoms with Crippen LogP contribution in [0.25, 0.3) is 0 Å². The van der Waals surface area contributed by atoms with Crippen molar-refractivity contribution in [3.63, 3.8) is 0 Å². The van der Waals surface area contributed by atoms with E-state index in [1.807, 2.05) is 0 Å². The normalized spacial score (nSPS) is 15.0. The lowest BCUT2D eigenvalue weighted by atomic mass is 9.92. The summed E-state index contributed by atoms with van der Waals surface area (Å²) in [4.78, 5) is 0. The molecule has 2 N–H and O–H groups in total. The molecule has 0 heterocycles. The lowest BCUT2D eigenvalue weighted by Crippen LogP contribution is -2.58. The van der Waals surface area contributed by atoms with Gasteiger partial charge in [0.15, 0.2) is 33.3 Å². The van der Waals surface area contributed by atoms with Crippen LogP contribution >= 0.6 is 0 Å². The summed E-state index contributed by atoms with van der Waals surface area (Å²) in [5, 5.41) is 20.6. The minimum Gasteiger partial charge on any atom is -0.436 e. The van der Waals surface area contributed by atoms with Crippen LogP contribution in [-0.2, 0) is 42.4 Å². The zero-order valence-corrected chi connectivity index (χ0v) is 53.8. The summed E-state index contributed by atoms with van der Waals surface area (Å²) in [7, 11) is -22.6. The molecule has 0 spiro atoms. The smallest absolute Gasteiger partial charge is 0.314 e. The molecule has 0 atom stereocenters. The summed E-state index contributed by atoms with van der Waals surface area (Å²) < 4.78 is 66.2. The molecule has 61 heavy (non-hydrogen) atoms. The first kappa shape index (κ1) is 62.7. The molecule has 0 amide bonds. The molecule has 22 heteroatoms. The second-order valence-electron chi connectivity index (χ2n) is 22.6. The average Bonchev–Trinajstić information content (AvgIpc) is 3.00. The maximum absolute atomic E-state index is 10.3. The molecule has 0 aromatic heterocycles. The molecule has 0 aromatic rings. The lowest BCUT2D eigenvalue weighted by molar-refractivity contribution is -0.0767. The molecule has 368 valence electrons. The molecule has 0 rings (SSSR count). The number of unbranched alkanes of at least 4 members (excludes halogenated alkanes) is 2. The van der Waals surface area contributed by atoms with Gasteiger partial charge in [-0.15, -0.1) is 0 Å². The number of hydrogen-bond acceptors (Lipinski definition) is 12. The Bertz CT molecular complexity index is 1150. The van der Waals surface area contributed by atoms with Crippen molar-refractivity contribution >= 4 is 84.6 Å². The maximum Gasteiger partial charge on any atom is 0.314 e. The van der Waals surface area contributed by atoms with Crippen LogP contribution in [0.1, 0.15) is 52.4 Å². The lowest BCUT2D eigenvalue weighted by Gasteiger charge is -2.42. The summed E-state index contributed by atoms with van der Waals surface area (Å²) in [6, 6.07) is 4.11. The van der Waals surface area contributed by atoms with E-state index in [2.05, 4.69) is 145 Å². The standard InChI is InChI=1S/C39H100O12Si10/c1-23-25-31-52(3,4)44-56(11,12)48-60(19,20)50-58(15,16)46-54(7,8)33-27-29-42-37-39(35-40,36-41)38-43-30-28-34-55(9,10)47-59(17,18)51-61(21,22)49-57(13,14)45-53(5,6)32-26-24-2/h40-41H,23-38H2,1-22H3. The molecule has 12 nitrogen and oxygen atoms in total. The quantitative estimate of drug-likeness (QED) is 0.0457. The number of aliphatic hydroxyl groups is 2. The van der Waals surface area contributed by atoms with E-state index in [-0.39, 0.29) is 26.4 Å². The van der Waals surface area contributed by atoms with Crippen LogP contribution in [0.3, 0.4) is 0 Å². The summed E-state index contributed by atoms with van der Waals surface area (Å²) in [6.45, 7) is 49.2. The predicted molar refractivity (Wildman–Crippen MR) is 280 cm³/mol. The van der Waals surface area contributed by atoms with Crippen molar-refractivity contribution < 1.29 is 52.6 Å². The summed E-state index contributed by atoms with van der Waals surface area (Å²) in [5.74, 6) is 0. The third kappa shape index (κ3) is 29.9. The number of ether oxygens (including phenoxy) is 2. The van der Waals surface area contributed by atoms with Gasteiger partial charge in [-0.3, -0.25) is 0 Å². The highest BCUT2D eigenvalue weighted by molar-refractivity contribution is 6.92. The SMILES string of the molecule is CCCC[Si](C)(C)O[Si](C)(C)O[Si](C)(C)O[Si](C)(C)O[Si](C)(C)CCCOCC(CO)(CO)COCCC[Si](C)(C)O[Si](C)(C)O[Si](C)(C)O[Si](C)(C)O[Si](C)(C)CCCC. The fraction of sp³-hybridized carbons (Fsp3) is 1.00. The zero-order valence-electron chi connectivity index (χ0n) is 43.8. The van der Waals surface area contributed by atoms with E-state index in [0.29, 0.717) is 13.2 Å². The maximum atomic E-state index is 10.3. The Balaban J connectivity index is 4.95. The van der Waals surface area contributed by atoms with Crippen LogP contribution in [0, 0.1) is 5.41 Å². The number of rotatable bonds is 36. The van der Waals surface area contributed by atoms with E-state index in [0.717, 1.165) is 37.0 Å². The van der Waals surface area contributed by atoms with Crippen LogP contribution in [0.5, 0.6) is 0 Å². The zero-order chi connectivity index (χ0) is 47.9. The molecule has 0 aliphatic carbocycles. The third-order valence-corrected chi connectivity index (χ3v) is 48.6. The number of hydrogen-bond donors (Lipinski definition) is 2. The van der Waals surface area contributed by atoms with Crippen molar-refractivity contribution in [1.29, 1.82) is 0 Å². The molecule has 0 fully saturated rings. The average molecular weight is 1040 g/mol. The summed E-state index contributed by atoms with van der Waals surface area (Å²) >= 11 is 0. The molecule has 0 aromatic carbocycles. The van der Waals surface area contributed by atoms with E-state index in [4.69, 9.17) is 42.4 Å². The molecular formula is C39H100O12Si10. The van der Waals surface area contributed by atoms with Crippen molar-refractivity contribution in [2.45, 2.75) is 207 Å². The van der Waals surface area contributed by atoms with Gasteiger partial charge in [-0.1, -0.05) is 39.5 Å². The minimum atomic E-state index is -2.52. The van der Waals surface area contributed by atoms with Gasteiger partial charge in [0, 0.05) is 13.2 Å². The van der Waals surface area contributed by atoms with Crippen molar-refractivity contribution in [1.82, 2.24) is 0 Å². The van der Waals surface area contributed by atoms with Gasteiger partial charge < -0.3 is 52.6 Å². The Morgan fingerprint density at radius 1 is 0.328 bits per heavy atom. The fourth-order valence-corrected chi connectivity index (χ4v) is 58.1. The van der Waals surface area contributed by atoms with Gasteiger partial charge in [-0.25, -0.2) is 0 Å². The van der Waals surface area contributed by atoms with Crippen LogP contribution in [0.15, 0.2) is 0 Å². The molecule has 0 aliphatic heterocycles. The monoisotopic (exact) mass is 1040 g/mol. The highest BCUT2D eigenvalue weighted by Crippen LogP contribution is 2.31. The first-order valence-corrected chi connectivity index (χ1v) is 52.7. The summed E-state index contributed by atoms with van der Waals surface area (Å²) in [6.07, 6.45) is 6.39. The van der Waals surface area contributed by atoms with E-state index >= 15 is 0 Å². The van der Waals surface area contributed by atoms with Gasteiger partial charge in [-0.05, 0) is 168 Å². The van der Waals surface area contributed by atoms with Gasteiger partial charge in [0.25, 0.3) is 0 Å². The molecule has 0 saturated carbocycles. The minimum absolute atomic E-state index is 0.217. The second kappa shape index (κ2) is 25.9. The highest BCUT2D eigenvalue weighted by atomic mass is 28.5. The van der Waals surface area contributed by atoms with Gasteiger partial charge in [0.05, 0.1) is 31.8 Å². The fourth-order valence-electron chi connectivity index (χ4n) is 8.61. The van der Waals surface area contributed by atoms with Crippen LogP contribution in [0.4, 0.5) is 0 Å². The highest BCUT2D eigenvalue weighted by Gasteiger charge is 2.47. The van der Waals surface area contributed by atoms with Gasteiger partial charge in [0.1, 0.15) is 0 Å². The Morgan fingerprint density at radius 2 is 0.541 bits per heavy atom. The Hall–Kier alpha value is 1.69. The second-order valence-corrected chi connectivity index (χ2v) is 62.0. The molecule has 0 bridgehead atoms. The molecule has 0 unspecified atom stereocenters. The topological polar surface area (TPSA) is 133 Å².